The normalized spacial score (nSPS) is 11.4. The number of carbonyl (C=O) groups is 1. The second-order valence-electron chi connectivity index (χ2n) is 4.69. The van der Waals surface area contributed by atoms with Crippen LogP contribution in [0.3, 0.4) is 0 Å². The van der Waals surface area contributed by atoms with Crippen molar-refractivity contribution in [2.24, 2.45) is 11.1 Å². The van der Waals surface area contributed by atoms with Gasteiger partial charge in [-0.2, -0.15) is 0 Å². The molecule has 0 fully saturated rings. The summed E-state index contributed by atoms with van der Waals surface area (Å²) in [7, 11) is 0. The van der Waals surface area contributed by atoms with E-state index in [1.165, 1.54) is 0 Å². The van der Waals surface area contributed by atoms with Gasteiger partial charge in [-0.1, -0.05) is 11.6 Å². The fourth-order valence-corrected chi connectivity index (χ4v) is 1.32. The van der Waals surface area contributed by atoms with Crippen LogP contribution in [0.4, 0.5) is 5.82 Å². The molecule has 5 nitrogen and oxygen atoms in total. The summed E-state index contributed by atoms with van der Waals surface area (Å²) < 4.78 is 0. The summed E-state index contributed by atoms with van der Waals surface area (Å²) in [5.41, 5.74) is 6.45. The maximum atomic E-state index is 11.2. The van der Waals surface area contributed by atoms with E-state index >= 15 is 0 Å². The van der Waals surface area contributed by atoms with Crippen LogP contribution in [-0.4, -0.2) is 22.6 Å². The van der Waals surface area contributed by atoms with Crippen molar-refractivity contribution in [1.82, 2.24) is 10.2 Å². The van der Waals surface area contributed by atoms with Crippen molar-refractivity contribution < 1.29 is 4.79 Å². The third kappa shape index (κ3) is 3.06. The number of nitrogens with zero attached hydrogens (tertiary/aromatic N) is 2. The number of halogens is 1. The lowest BCUT2D eigenvalue weighted by Crippen LogP contribution is -2.37. The van der Waals surface area contributed by atoms with Crippen LogP contribution in [0.15, 0.2) is 0 Å². The first-order valence-electron chi connectivity index (χ1n) is 5.29. The Labute approximate surface area is 106 Å². The van der Waals surface area contributed by atoms with Gasteiger partial charge in [0, 0.05) is 6.54 Å². The van der Waals surface area contributed by atoms with Gasteiger partial charge in [0.25, 0.3) is 0 Å². The molecular weight excluding hydrogens is 240 g/mol. The summed E-state index contributed by atoms with van der Waals surface area (Å²) >= 11 is 5.85. The van der Waals surface area contributed by atoms with Gasteiger partial charge in [-0.15, -0.1) is 10.2 Å². The highest BCUT2D eigenvalue weighted by Gasteiger charge is 2.25. The molecule has 1 rings (SSSR count). The number of nitrogens with two attached hydrogens (primary N) is 1. The molecule has 94 valence electrons. The monoisotopic (exact) mass is 256 g/mol. The van der Waals surface area contributed by atoms with Gasteiger partial charge < -0.3 is 11.1 Å². The summed E-state index contributed by atoms with van der Waals surface area (Å²) in [4.78, 5) is 11.2. The van der Waals surface area contributed by atoms with Gasteiger partial charge in [-0.05, 0) is 38.8 Å². The molecule has 0 aliphatic rings. The Morgan fingerprint density at radius 3 is 2.47 bits per heavy atom. The largest absolute Gasteiger partial charge is 0.369 e. The highest BCUT2D eigenvalue weighted by molar-refractivity contribution is 6.30. The minimum Gasteiger partial charge on any atom is -0.369 e. The molecule has 0 aliphatic carbocycles. The minimum absolute atomic E-state index is 0.360. The first-order valence-corrected chi connectivity index (χ1v) is 5.66. The van der Waals surface area contributed by atoms with E-state index in [0.29, 0.717) is 17.5 Å². The molecule has 1 heterocycles. The first kappa shape index (κ1) is 13.7. The highest BCUT2D eigenvalue weighted by atomic mass is 35.5. The zero-order valence-corrected chi connectivity index (χ0v) is 11.2. The molecule has 1 aromatic heterocycles. The number of hydrogen-bond acceptors (Lipinski definition) is 4. The average Bonchev–Trinajstić information content (AvgIpc) is 2.25. The van der Waals surface area contributed by atoms with Gasteiger partial charge in [-0.3, -0.25) is 4.79 Å². The number of hydrogen-bond donors (Lipinski definition) is 2. The molecule has 3 N–H and O–H groups in total. The van der Waals surface area contributed by atoms with E-state index in [1.54, 1.807) is 13.8 Å². The molecular formula is C11H17ClN4O. The number of nitrogens with one attached hydrogen (secondary N) is 1. The zero-order chi connectivity index (χ0) is 13.2. The molecule has 6 heteroatoms. The van der Waals surface area contributed by atoms with E-state index in [-0.39, 0.29) is 5.91 Å². The van der Waals surface area contributed by atoms with E-state index in [2.05, 4.69) is 15.5 Å². The molecule has 0 saturated heterocycles. The SMILES string of the molecule is Cc1c(Cl)nnc(NCC(C)(C)C(N)=O)c1C. The van der Waals surface area contributed by atoms with Crippen molar-refractivity contribution in [2.45, 2.75) is 27.7 Å². The number of aromatic nitrogens is 2. The van der Waals surface area contributed by atoms with Crippen LogP contribution in [0.5, 0.6) is 0 Å². The standard InChI is InChI=1S/C11H17ClN4O/c1-6-7(2)9(16-15-8(6)12)14-5-11(3,4)10(13)17/h5H2,1-4H3,(H2,13,17)(H,14,16). The van der Waals surface area contributed by atoms with Gasteiger partial charge in [0.1, 0.15) is 0 Å². The van der Waals surface area contributed by atoms with Gasteiger partial charge in [-0.25, -0.2) is 0 Å². The molecule has 1 aromatic rings. The number of primary amides is 1. The smallest absolute Gasteiger partial charge is 0.224 e. The minimum atomic E-state index is -0.637. The van der Waals surface area contributed by atoms with Crippen molar-refractivity contribution >= 4 is 23.3 Å². The Kier molecular flexibility index (Phi) is 3.93. The Balaban J connectivity index is 2.84. The fourth-order valence-electron chi connectivity index (χ4n) is 1.14. The summed E-state index contributed by atoms with van der Waals surface area (Å²) in [5, 5.41) is 11.2. The number of amides is 1. The van der Waals surface area contributed by atoms with E-state index in [1.807, 2.05) is 13.8 Å². The summed E-state index contributed by atoms with van der Waals surface area (Å²) in [6, 6.07) is 0. The maximum absolute atomic E-state index is 11.2. The van der Waals surface area contributed by atoms with Crippen LogP contribution >= 0.6 is 11.6 Å². The van der Waals surface area contributed by atoms with Crippen LogP contribution in [0.25, 0.3) is 0 Å². The highest BCUT2D eigenvalue weighted by Crippen LogP contribution is 2.22. The van der Waals surface area contributed by atoms with Crippen LogP contribution < -0.4 is 11.1 Å². The van der Waals surface area contributed by atoms with Crippen LogP contribution in [0.2, 0.25) is 5.15 Å². The Bertz CT molecular complexity index is 445. The molecule has 0 saturated carbocycles. The molecule has 17 heavy (non-hydrogen) atoms. The Hall–Kier alpha value is -1.36. The molecule has 0 aromatic carbocycles. The zero-order valence-electron chi connectivity index (χ0n) is 10.5. The van der Waals surface area contributed by atoms with Crippen LogP contribution in [0, 0.1) is 19.3 Å². The van der Waals surface area contributed by atoms with E-state index in [4.69, 9.17) is 17.3 Å². The molecule has 0 bridgehead atoms. The lowest BCUT2D eigenvalue weighted by molar-refractivity contribution is -0.125. The Morgan fingerprint density at radius 2 is 1.94 bits per heavy atom. The third-order valence-electron chi connectivity index (χ3n) is 2.83. The number of carbonyl (C=O) groups excluding carboxylic acids is 1. The third-order valence-corrected chi connectivity index (χ3v) is 3.19. The van der Waals surface area contributed by atoms with E-state index < -0.39 is 5.41 Å². The van der Waals surface area contributed by atoms with Gasteiger partial charge in [0.05, 0.1) is 5.41 Å². The predicted octanol–water partition coefficient (Wildman–Crippen LogP) is 1.67. The maximum Gasteiger partial charge on any atom is 0.224 e. The lowest BCUT2D eigenvalue weighted by atomic mass is 9.93. The fraction of sp³-hybridized carbons (Fsp3) is 0.545. The summed E-state index contributed by atoms with van der Waals surface area (Å²) in [5.74, 6) is 0.266. The number of rotatable bonds is 4. The van der Waals surface area contributed by atoms with Crippen LogP contribution in [0.1, 0.15) is 25.0 Å². The van der Waals surface area contributed by atoms with E-state index in [9.17, 15) is 4.79 Å². The molecule has 0 atom stereocenters. The molecule has 1 amide bonds. The van der Waals surface area contributed by atoms with Crippen LogP contribution in [-0.2, 0) is 4.79 Å². The summed E-state index contributed by atoms with van der Waals surface area (Å²) in [6.07, 6.45) is 0. The summed E-state index contributed by atoms with van der Waals surface area (Å²) in [6.45, 7) is 7.72. The second-order valence-corrected chi connectivity index (χ2v) is 5.05. The van der Waals surface area contributed by atoms with Crippen molar-refractivity contribution in [2.75, 3.05) is 11.9 Å². The topological polar surface area (TPSA) is 80.9 Å². The van der Waals surface area contributed by atoms with E-state index in [0.717, 1.165) is 11.1 Å². The van der Waals surface area contributed by atoms with Gasteiger partial charge in [0.15, 0.2) is 11.0 Å². The molecule has 0 aliphatic heterocycles. The predicted molar refractivity (Wildman–Crippen MR) is 68.0 cm³/mol. The van der Waals surface area contributed by atoms with Gasteiger partial charge >= 0.3 is 0 Å². The Morgan fingerprint density at radius 1 is 1.35 bits per heavy atom. The molecule has 0 unspecified atom stereocenters. The number of anilines is 1. The molecule has 0 spiro atoms. The second kappa shape index (κ2) is 4.87. The van der Waals surface area contributed by atoms with Crippen molar-refractivity contribution in [1.29, 1.82) is 0 Å². The van der Waals surface area contributed by atoms with Gasteiger partial charge in [0.2, 0.25) is 5.91 Å². The molecule has 0 radical (unpaired) electrons. The quantitative estimate of drug-likeness (QED) is 0.859. The lowest BCUT2D eigenvalue weighted by Gasteiger charge is -2.21. The first-order chi connectivity index (χ1) is 7.75. The van der Waals surface area contributed by atoms with Crippen molar-refractivity contribution in [3.05, 3.63) is 16.3 Å². The van der Waals surface area contributed by atoms with Crippen molar-refractivity contribution in [3.63, 3.8) is 0 Å². The average molecular weight is 257 g/mol. The van der Waals surface area contributed by atoms with Crippen molar-refractivity contribution in [3.8, 4) is 0 Å².